The van der Waals surface area contributed by atoms with Crippen LogP contribution in [0.2, 0.25) is 0 Å². The van der Waals surface area contributed by atoms with Crippen LogP contribution in [0, 0.1) is 17.7 Å². The number of carbonyl (C=O) groups is 1. The largest absolute Gasteiger partial charge is 0.366 e. The number of aliphatic hydroxyl groups is 1. The number of piperidine rings is 1. The van der Waals surface area contributed by atoms with Crippen molar-refractivity contribution in [3.8, 4) is 0 Å². The molecule has 0 radical (unpaired) electrons. The number of nitrogens with zero attached hydrogens (tertiary/aromatic N) is 1. The zero-order valence-electron chi connectivity index (χ0n) is 24.3. The van der Waals surface area contributed by atoms with Gasteiger partial charge in [0.2, 0.25) is 0 Å². The molecule has 1 aromatic carbocycles. The summed E-state index contributed by atoms with van der Waals surface area (Å²) in [5.41, 5.74) is 1.26. The molecule has 0 aromatic heterocycles. The zero-order valence-corrected chi connectivity index (χ0v) is 24.3. The fourth-order valence-corrected chi connectivity index (χ4v) is 2.71. The van der Waals surface area contributed by atoms with Crippen molar-refractivity contribution in [2.45, 2.75) is 102 Å². The molecule has 0 saturated carbocycles. The SMILES string of the molecule is CC.CC.CC.CC.CC.CC=O.C[C@@H]1CCN(C)CC1CCc1ccc(F)cc1.OCF. The van der Waals surface area contributed by atoms with Crippen LogP contribution in [0.1, 0.15) is 101 Å². The minimum Gasteiger partial charge on any atom is -0.366 e. The van der Waals surface area contributed by atoms with Crippen LogP contribution in [0.4, 0.5) is 8.78 Å². The van der Waals surface area contributed by atoms with Gasteiger partial charge in [0.1, 0.15) is 12.1 Å². The quantitative estimate of drug-likeness (QED) is 0.441. The number of benzene rings is 1. The molecular formula is C28H59F2NO2. The van der Waals surface area contributed by atoms with Gasteiger partial charge in [-0.3, -0.25) is 0 Å². The van der Waals surface area contributed by atoms with E-state index in [0.29, 0.717) is 0 Å². The number of aldehydes is 1. The van der Waals surface area contributed by atoms with Crippen molar-refractivity contribution < 1.29 is 18.7 Å². The summed E-state index contributed by atoms with van der Waals surface area (Å²) in [6.45, 7) is 25.0. The fourth-order valence-electron chi connectivity index (χ4n) is 2.71. The smallest absolute Gasteiger partial charge is 0.185 e. The molecule has 1 fully saturated rings. The van der Waals surface area contributed by atoms with Gasteiger partial charge in [0.25, 0.3) is 0 Å². The Labute approximate surface area is 207 Å². The van der Waals surface area contributed by atoms with Crippen molar-refractivity contribution >= 4 is 6.29 Å². The lowest BCUT2D eigenvalue weighted by atomic mass is 9.83. The standard InChI is InChI=1S/C15H22FN.C2H4O.5C2H6.CH3FO/c1-12-9-10-17(2)11-14(12)6-3-13-4-7-15(16)8-5-13;1-2-3;5*1-2;2-1-3/h4-5,7-8,12,14H,3,6,9-11H2,1-2H3;2H,1H3;5*1-2H3;3H,1H2/t12-,14?;;;;;;;/m1......./s1. The summed E-state index contributed by atoms with van der Waals surface area (Å²) in [7, 11) is 2.21. The molecule has 1 aliphatic rings. The van der Waals surface area contributed by atoms with E-state index < -0.39 is 6.86 Å². The van der Waals surface area contributed by atoms with Crippen molar-refractivity contribution in [1.82, 2.24) is 4.90 Å². The number of hydrogen-bond donors (Lipinski definition) is 1. The second-order valence-corrected chi connectivity index (χ2v) is 5.81. The lowest BCUT2D eigenvalue weighted by Crippen LogP contribution is -2.37. The Morgan fingerprint density at radius 3 is 1.70 bits per heavy atom. The van der Waals surface area contributed by atoms with E-state index in [4.69, 9.17) is 9.90 Å². The molecule has 1 aromatic rings. The van der Waals surface area contributed by atoms with E-state index in [0.717, 1.165) is 24.5 Å². The highest BCUT2D eigenvalue weighted by Gasteiger charge is 2.23. The number of rotatable bonds is 3. The normalized spacial score (nSPS) is 15.3. The van der Waals surface area contributed by atoms with Crippen LogP contribution in [0.5, 0.6) is 0 Å². The van der Waals surface area contributed by atoms with Gasteiger partial charge in [0, 0.05) is 6.54 Å². The number of alkyl halides is 1. The molecule has 1 heterocycles. The Balaban J connectivity index is -0.0000000958. The predicted molar refractivity (Wildman–Crippen MR) is 146 cm³/mol. The van der Waals surface area contributed by atoms with Gasteiger partial charge in [-0.05, 0) is 69.3 Å². The van der Waals surface area contributed by atoms with E-state index in [1.165, 1.54) is 38.4 Å². The van der Waals surface area contributed by atoms with E-state index in [2.05, 4.69) is 18.9 Å². The van der Waals surface area contributed by atoms with Crippen LogP contribution in [-0.4, -0.2) is 43.3 Å². The molecule has 1 saturated heterocycles. The number of carbonyl (C=O) groups excluding carboxylic acids is 1. The molecule has 0 spiro atoms. The number of aryl methyl sites for hydroxylation is 1. The summed E-state index contributed by atoms with van der Waals surface area (Å²) in [6, 6.07) is 6.94. The molecule has 0 bridgehead atoms. The van der Waals surface area contributed by atoms with Crippen molar-refractivity contribution in [3.63, 3.8) is 0 Å². The molecule has 1 N–H and O–H groups in total. The second-order valence-electron chi connectivity index (χ2n) is 5.81. The number of hydrogen-bond acceptors (Lipinski definition) is 3. The average Bonchev–Trinajstić information content (AvgIpc) is 2.88. The van der Waals surface area contributed by atoms with Gasteiger partial charge in [0.15, 0.2) is 6.86 Å². The van der Waals surface area contributed by atoms with Crippen LogP contribution in [0.3, 0.4) is 0 Å². The lowest BCUT2D eigenvalue weighted by Gasteiger charge is -2.35. The maximum atomic E-state index is 12.8. The third-order valence-corrected chi connectivity index (χ3v) is 4.03. The van der Waals surface area contributed by atoms with Gasteiger partial charge < -0.3 is 14.8 Å². The van der Waals surface area contributed by atoms with Gasteiger partial charge in [-0.2, -0.15) is 0 Å². The summed E-state index contributed by atoms with van der Waals surface area (Å²) < 4.78 is 22.6. The number of aliphatic hydroxyl groups excluding tert-OH is 1. The van der Waals surface area contributed by atoms with Crippen LogP contribution >= 0.6 is 0 Å². The second kappa shape index (κ2) is 44.4. The van der Waals surface area contributed by atoms with Crippen LogP contribution in [0.15, 0.2) is 24.3 Å². The molecule has 0 amide bonds. The molecule has 0 aliphatic carbocycles. The van der Waals surface area contributed by atoms with Gasteiger partial charge in [0.05, 0.1) is 0 Å². The minimum absolute atomic E-state index is 0.139. The monoisotopic (exact) mass is 479 g/mol. The van der Waals surface area contributed by atoms with Gasteiger partial charge in [-0.1, -0.05) is 88.3 Å². The Morgan fingerprint density at radius 2 is 1.33 bits per heavy atom. The van der Waals surface area contributed by atoms with Crippen LogP contribution in [-0.2, 0) is 11.2 Å². The molecule has 2 rings (SSSR count). The third kappa shape index (κ3) is 35.4. The highest BCUT2D eigenvalue weighted by Crippen LogP contribution is 2.26. The lowest BCUT2D eigenvalue weighted by molar-refractivity contribution is -0.106. The summed E-state index contributed by atoms with van der Waals surface area (Å²) in [6.07, 6.45) is 4.35. The van der Waals surface area contributed by atoms with E-state index in [1.807, 2.05) is 81.4 Å². The van der Waals surface area contributed by atoms with Crippen molar-refractivity contribution in [1.29, 1.82) is 0 Å². The summed E-state index contributed by atoms with van der Waals surface area (Å²) in [5, 5.41) is 6.90. The van der Waals surface area contributed by atoms with E-state index in [-0.39, 0.29) is 5.82 Å². The van der Waals surface area contributed by atoms with Gasteiger partial charge in [-0.25, -0.2) is 8.78 Å². The molecule has 202 valence electrons. The molecule has 1 aliphatic heterocycles. The first-order chi connectivity index (χ1) is 16.0. The maximum Gasteiger partial charge on any atom is 0.185 e. The molecule has 2 atom stereocenters. The Morgan fingerprint density at radius 1 is 0.970 bits per heavy atom. The first-order valence-corrected chi connectivity index (χ1v) is 13.0. The first kappa shape index (κ1) is 45.2. The summed E-state index contributed by atoms with van der Waals surface area (Å²) >= 11 is 0. The third-order valence-electron chi connectivity index (χ3n) is 4.03. The Hall–Kier alpha value is -1.33. The highest BCUT2D eigenvalue weighted by molar-refractivity contribution is 5.44. The topological polar surface area (TPSA) is 40.5 Å². The van der Waals surface area contributed by atoms with E-state index in [1.54, 1.807) is 12.1 Å². The Bertz CT molecular complexity index is 415. The Kier molecular flexibility index (Phi) is 60.8. The average molecular weight is 480 g/mol. The maximum absolute atomic E-state index is 12.8. The van der Waals surface area contributed by atoms with Crippen molar-refractivity contribution in [2.75, 3.05) is 27.0 Å². The number of likely N-dealkylation sites (tertiary alicyclic amines) is 1. The van der Waals surface area contributed by atoms with Crippen molar-refractivity contribution in [2.24, 2.45) is 11.8 Å². The molecule has 1 unspecified atom stereocenters. The summed E-state index contributed by atoms with van der Waals surface area (Å²) in [5.74, 6) is 1.48. The van der Waals surface area contributed by atoms with Gasteiger partial charge in [-0.15, -0.1) is 0 Å². The van der Waals surface area contributed by atoms with E-state index >= 15 is 0 Å². The molecule has 33 heavy (non-hydrogen) atoms. The highest BCUT2D eigenvalue weighted by atomic mass is 19.1. The van der Waals surface area contributed by atoms with Gasteiger partial charge >= 0.3 is 0 Å². The summed E-state index contributed by atoms with van der Waals surface area (Å²) in [4.78, 5) is 11.2. The van der Waals surface area contributed by atoms with Crippen LogP contribution < -0.4 is 0 Å². The van der Waals surface area contributed by atoms with E-state index in [9.17, 15) is 8.78 Å². The van der Waals surface area contributed by atoms with Crippen LogP contribution in [0.25, 0.3) is 0 Å². The van der Waals surface area contributed by atoms with Crippen molar-refractivity contribution in [3.05, 3.63) is 35.6 Å². The minimum atomic E-state index is -1.25. The zero-order chi connectivity index (χ0) is 27.7. The molecule has 3 nitrogen and oxygen atoms in total. The first-order valence-electron chi connectivity index (χ1n) is 13.0. The predicted octanol–water partition coefficient (Wildman–Crippen LogP) is 8.59. The number of halogens is 2. The fraction of sp³-hybridized carbons (Fsp3) is 0.750. The molecule has 5 heteroatoms. The molecular weight excluding hydrogens is 420 g/mol.